The van der Waals surface area contributed by atoms with Crippen LogP contribution in [0.25, 0.3) is 0 Å². The molecule has 1 aromatic carbocycles. The van der Waals surface area contributed by atoms with Gasteiger partial charge in [0.25, 0.3) is 0 Å². The van der Waals surface area contributed by atoms with Crippen molar-refractivity contribution in [2.75, 3.05) is 18.0 Å². The number of para-hydroxylation sites is 1. The van der Waals surface area contributed by atoms with E-state index >= 15 is 0 Å². The van der Waals surface area contributed by atoms with Gasteiger partial charge in [-0.05, 0) is 43.7 Å². The molecule has 0 radical (unpaired) electrons. The molecule has 98 valence electrons. The average Bonchev–Trinajstić information content (AvgIpc) is 2.40. The number of aryl methyl sites for hydroxylation is 1. The van der Waals surface area contributed by atoms with Crippen LogP contribution in [-0.2, 0) is 11.2 Å². The lowest BCUT2D eigenvalue weighted by atomic mass is 10.0. The van der Waals surface area contributed by atoms with E-state index in [-0.39, 0.29) is 6.42 Å². The number of nitrogens with zero attached hydrogens (tertiary/aromatic N) is 1. The maximum atomic E-state index is 10.6. The molecule has 1 heterocycles. The minimum atomic E-state index is -0.703. The predicted molar refractivity (Wildman–Crippen MR) is 73.1 cm³/mol. The molecular formula is C15H21NO2. The van der Waals surface area contributed by atoms with Crippen molar-refractivity contribution >= 4 is 11.7 Å². The SMILES string of the molecule is O=C(O)CCCc1ccccc1N1CCCCC1. The molecule has 1 fully saturated rings. The second-order valence-corrected chi connectivity index (χ2v) is 4.92. The first kappa shape index (κ1) is 12.9. The molecule has 0 saturated carbocycles. The topological polar surface area (TPSA) is 40.5 Å². The Morgan fingerprint density at radius 2 is 1.89 bits per heavy atom. The van der Waals surface area contributed by atoms with Gasteiger partial charge < -0.3 is 10.0 Å². The Bertz CT molecular complexity index is 397. The number of carboxylic acid groups (broad SMARTS) is 1. The summed E-state index contributed by atoms with van der Waals surface area (Å²) in [7, 11) is 0. The van der Waals surface area contributed by atoms with Crippen LogP contribution in [0, 0.1) is 0 Å². The summed E-state index contributed by atoms with van der Waals surface area (Å²) < 4.78 is 0. The van der Waals surface area contributed by atoms with Gasteiger partial charge in [-0.15, -0.1) is 0 Å². The molecule has 1 N–H and O–H groups in total. The fourth-order valence-electron chi connectivity index (χ4n) is 2.60. The highest BCUT2D eigenvalue weighted by atomic mass is 16.4. The van der Waals surface area contributed by atoms with Crippen molar-refractivity contribution in [3.8, 4) is 0 Å². The molecule has 0 bridgehead atoms. The number of rotatable bonds is 5. The Kier molecular flexibility index (Phi) is 4.62. The zero-order valence-electron chi connectivity index (χ0n) is 10.8. The first-order valence-electron chi connectivity index (χ1n) is 6.82. The van der Waals surface area contributed by atoms with Crippen LogP contribution < -0.4 is 4.90 Å². The van der Waals surface area contributed by atoms with Crippen molar-refractivity contribution < 1.29 is 9.90 Å². The quantitative estimate of drug-likeness (QED) is 0.869. The number of aliphatic carboxylic acids is 1. The Labute approximate surface area is 108 Å². The third kappa shape index (κ3) is 3.49. The zero-order chi connectivity index (χ0) is 12.8. The van der Waals surface area contributed by atoms with Crippen molar-refractivity contribution in [2.45, 2.75) is 38.5 Å². The molecule has 1 aliphatic heterocycles. The molecule has 18 heavy (non-hydrogen) atoms. The Morgan fingerprint density at radius 3 is 2.61 bits per heavy atom. The molecule has 0 atom stereocenters. The number of carbonyl (C=O) groups is 1. The highest BCUT2D eigenvalue weighted by molar-refractivity contribution is 5.66. The van der Waals surface area contributed by atoms with Crippen molar-refractivity contribution in [2.24, 2.45) is 0 Å². The first-order chi connectivity index (χ1) is 8.77. The number of anilines is 1. The summed E-state index contributed by atoms with van der Waals surface area (Å²) in [5.41, 5.74) is 2.60. The normalized spacial score (nSPS) is 15.7. The lowest BCUT2D eigenvalue weighted by Crippen LogP contribution is -2.30. The molecule has 1 aromatic rings. The number of hydrogen-bond acceptors (Lipinski definition) is 2. The molecule has 0 unspecified atom stereocenters. The Morgan fingerprint density at radius 1 is 1.17 bits per heavy atom. The van der Waals surface area contributed by atoms with Gasteiger partial charge in [-0.2, -0.15) is 0 Å². The fraction of sp³-hybridized carbons (Fsp3) is 0.533. The van der Waals surface area contributed by atoms with E-state index in [9.17, 15) is 4.79 Å². The third-order valence-electron chi connectivity index (χ3n) is 3.53. The summed E-state index contributed by atoms with van der Waals surface area (Å²) in [6.45, 7) is 2.27. The van der Waals surface area contributed by atoms with Gasteiger partial charge in [-0.3, -0.25) is 4.79 Å². The van der Waals surface area contributed by atoms with Crippen LogP contribution in [0.3, 0.4) is 0 Å². The van der Waals surface area contributed by atoms with E-state index in [1.165, 1.54) is 30.5 Å². The lowest BCUT2D eigenvalue weighted by Gasteiger charge is -2.30. The summed E-state index contributed by atoms with van der Waals surface area (Å²) in [5.74, 6) is -0.703. The second-order valence-electron chi connectivity index (χ2n) is 4.92. The van der Waals surface area contributed by atoms with Crippen molar-refractivity contribution in [1.82, 2.24) is 0 Å². The monoisotopic (exact) mass is 247 g/mol. The molecule has 0 spiro atoms. The van der Waals surface area contributed by atoms with Crippen LogP contribution >= 0.6 is 0 Å². The van der Waals surface area contributed by atoms with Gasteiger partial charge in [-0.1, -0.05) is 18.2 Å². The van der Waals surface area contributed by atoms with E-state index in [1.807, 2.05) is 6.07 Å². The standard InChI is InChI=1S/C15H21NO2/c17-15(18)10-6-8-13-7-2-3-9-14(13)16-11-4-1-5-12-16/h2-3,7,9H,1,4-6,8,10-12H2,(H,17,18). The van der Waals surface area contributed by atoms with Crippen LogP contribution in [0.15, 0.2) is 24.3 Å². The van der Waals surface area contributed by atoms with Gasteiger partial charge in [0.2, 0.25) is 0 Å². The van der Waals surface area contributed by atoms with Gasteiger partial charge in [0, 0.05) is 25.2 Å². The second kappa shape index (κ2) is 6.43. The minimum Gasteiger partial charge on any atom is -0.481 e. The van der Waals surface area contributed by atoms with E-state index in [0.717, 1.165) is 25.9 Å². The van der Waals surface area contributed by atoms with Gasteiger partial charge in [0.1, 0.15) is 0 Å². The number of piperidine rings is 1. The van der Waals surface area contributed by atoms with E-state index in [0.29, 0.717) is 0 Å². The highest BCUT2D eigenvalue weighted by Crippen LogP contribution is 2.25. The number of benzene rings is 1. The molecule has 0 aliphatic carbocycles. The van der Waals surface area contributed by atoms with Crippen molar-refractivity contribution in [1.29, 1.82) is 0 Å². The summed E-state index contributed by atoms with van der Waals surface area (Å²) in [5, 5.41) is 8.70. The van der Waals surface area contributed by atoms with Crippen LogP contribution in [0.4, 0.5) is 5.69 Å². The smallest absolute Gasteiger partial charge is 0.303 e. The largest absolute Gasteiger partial charge is 0.481 e. The molecule has 2 rings (SSSR count). The Hall–Kier alpha value is -1.51. The fourth-order valence-corrected chi connectivity index (χ4v) is 2.60. The van der Waals surface area contributed by atoms with Crippen molar-refractivity contribution in [3.63, 3.8) is 0 Å². The Balaban J connectivity index is 2.02. The number of carboxylic acids is 1. The van der Waals surface area contributed by atoms with Crippen LogP contribution in [-0.4, -0.2) is 24.2 Å². The maximum Gasteiger partial charge on any atom is 0.303 e. The molecule has 0 aromatic heterocycles. The molecular weight excluding hydrogens is 226 g/mol. The first-order valence-corrected chi connectivity index (χ1v) is 6.82. The third-order valence-corrected chi connectivity index (χ3v) is 3.53. The number of hydrogen-bond donors (Lipinski definition) is 1. The van der Waals surface area contributed by atoms with E-state index < -0.39 is 5.97 Å². The lowest BCUT2D eigenvalue weighted by molar-refractivity contribution is -0.137. The van der Waals surface area contributed by atoms with Gasteiger partial charge in [0.15, 0.2) is 0 Å². The van der Waals surface area contributed by atoms with Gasteiger partial charge in [-0.25, -0.2) is 0 Å². The molecule has 0 amide bonds. The van der Waals surface area contributed by atoms with Gasteiger partial charge in [0.05, 0.1) is 0 Å². The zero-order valence-corrected chi connectivity index (χ0v) is 10.8. The van der Waals surface area contributed by atoms with Crippen molar-refractivity contribution in [3.05, 3.63) is 29.8 Å². The highest BCUT2D eigenvalue weighted by Gasteiger charge is 2.13. The van der Waals surface area contributed by atoms with Crippen LogP contribution in [0.5, 0.6) is 0 Å². The van der Waals surface area contributed by atoms with Crippen LogP contribution in [0.1, 0.15) is 37.7 Å². The molecule has 3 nitrogen and oxygen atoms in total. The minimum absolute atomic E-state index is 0.258. The average molecular weight is 247 g/mol. The van der Waals surface area contributed by atoms with E-state index in [1.54, 1.807) is 0 Å². The molecule has 1 aliphatic rings. The summed E-state index contributed by atoms with van der Waals surface area (Å²) >= 11 is 0. The van der Waals surface area contributed by atoms with E-state index in [4.69, 9.17) is 5.11 Å². The van der Waals surface area contributed by atoms with Crippen LogP contribution in [0.2, 0.25) is 0 Å². The summed E-state index contributed by atoms with van der Waals surface area (Å²) in [4.78, 5) is 13.0. The maximum absolute atomic E-state index is 10.6. The summed E-state index contributed by atoms with van der Waals surface area (Å²) in [6, 6.07) is 8.42. The molecule has 3 heteroatoms. The molecule has 1 saturated heterocycles. The predicted octanol–water partition coefficient (Wildman–Crippen LogP) is 3.08. The van der Waals surface area contributed by atoms with Gasteiger partial charge >= 0.3 is 5.97 Å². The summed E-state index contributed by atoms with van der Waals surface area (Å²) in [6.07, 6.45) is 5.71. The van der Waals surface area contributed by atoms with E-state index in [2.05, 4.69) is 23.1 Å².